The van der Waals surface area contributed by atoms with E-state index >= 15 is 0 Å². The van der Waals surface area contributed by atoms with Crippen molar-refractivity contribution in [1.82, 2.24) is 5.32 Å². The first-order valence-electron chi connectivity index (χ1n) is 10.4. The number of hydrogen-bond donors (Lipinski definition) is 3. The van der Waals surface area contributed by atoms with Gasteiger partial charge in [0.25, 0.3) is 0 Å². The van der Waals surface area contributed by atoms with Crippen LogP contribution in [0.5, 0.6) is 0 Å². The first-order valence-corrected chi connectivity index (χ1v) is 11.9. The summed E-state index contributed by atoms with van der Waals surface area (Å²) in [6.07, 6.45) is 0. The number of carbonyl (C=O) groups excluding carboxylic acids is 1. The van der Waals surface area contributed by atoms with E-state index in [0.717, 1.165) is 11.1 Å². The van der Waals surface area contributed by atoms with Crippen molar-refractivity contribution in [3.05, 3.63) is 113 Å². The molecule has 180 valence electrons. The number of carbonyl (C=O) groups is 1. The van der Waals surface area contributed by atoms with E-state index in [9.17, 15) is 13.4 Å². The summed E-state index contributed by atoms with van der Waals surface area (Å²) in [5, 5.41) is 5.64. The molecule has 1 atom stereocenters. The highest BCUT2D eigenvalue weighted by Crippen LogP contribution is 2.27. The zero-order valence-electron chi connectivity index (χ0n) is 18.4. The summed E-state index contributed by atoms with van der Waals surface area (Å²) in [7, 11) is -1.48. The second-order valence-corrected chi connectivity index (χ2v) is 8.94. The molecule has 1 unspecified atom stereocenters. The lowest BCUT2D eigenvalue weighted by molar-refractivity contribution is 0.251. The molecule has 5 N–H and O–H groups in total. The summed E-state index contributed by atoms with van der Waals surface area (Å²) >= 11 is 5.98. The Balaban J connectivity index is 0.00000342. The van der Waals surface area contributed by atoms with Crippen molar-refractivity contribution < 1.29 is 18.9 Å². The molecule has 0 fully saturated rings. The van der Waals surface area contributed by atoms with Gasteiger partial charge >= 0.3 is 6.03 Å². The summed E-state index contributed by atoms with van der Waals surface area (Å²) in [5.41, 5.74) is 3.69. The third kappa shape index (κ3) is 6.89. The summed E-state index contributed by atoms with van der Waals surface area (Å²) in [4.78, 5) is 12.9. The van der Waals surface area contributed by atoms with E-state index < -0.39 is 22.8 Å². The third-order valence-corrected chi connectivity index (χ3v) is 6.51. The molecule has 0 radical (unpaired) electrons. The Morgan fingerprint density at radius 2 is 1.51 bits per heavy atom. The highest BCUT2D eigenvalue weighted by molar-refractivity contribution is 7.86. The Kier molecular flexibility index (Phi) is 8.97. The molecule has 35 heavy (non-hydrogen) atoms. The predicted molar refractivity (Wildman–Crippen MR) is 139 cm³/mol. The van der Waals surface area contributed by atoms with Crippen molar-refractivity contribution in [2.24, 2.45) is 0 Å². The molecule has 2 amide bonds. The second kappa shape index (κ2) is 12.1. The molecule has 0 saturated heterocycles. The van der Waals surface area contributed by atoms with Crippen molar-refractivity contribution in [2.45, 2.75) is 11.4 Å². The van der Waals surface area contributed by atoms with Crippen LogP contribution in [0.4, 0.5) is 20.6 Å². The van der Waals surface area contributed by atoms with Crippen LogP contribution in [0.25, 0.3) is 11.1 Å². The minimum Gasteiger partial charge on any atom is -0.412 e. The van der Waals surface area contributed by atoms with Gasteiger partial charge in [0.15, 0.2) is 11.0 Å². The number of halogens is 2. The smallest absolute Gasteiger partial charge is 0.319 e. The molecule has 4 aromatic rings. The molecule has 0 aliphatic carbocycles. The Labute approximate surface area is 210 Å². The van der Waals surface area contributed by atoms with Gasteiger partial charge in [0, 0.05) is 22.9 Å². The van der Waals surface area contributed by atoms with Crippen molar-refractivity contribution in [3.63, 3.8) is 0 Å². The van der Waals surface area contributed by atoms with E-state index in [1.807, 2.05) is 54.6 Å². The molecule has 4 aromatic carbocycles. The van der Waals surface area contributed by atoms with Gasteiger partial charge in [0.05, 0.1) is 4.90 Å². The third-order valence-electron chi connectivity index (χ3n) is 4.98. The van der Waals surface area contributed by atoms with Crippen LogP contribution >= 0.6 is 11.6 Å². The van der Waals surface area contributed by atoms with Gasteiger partial charge in [-0.1, -0.05) is 66.2 Å². The molecule has 4 rings (SSSR count). The zero-order valence-corrected chi connectivity index (χ0v) is 20.0. The van der Waals surface area contributed by atoms with Gasteiger partial charge in [0.1, 0.15) is 5.82 Å². The van der Waals surface area contributed by atoms with Crippen molar-refractivity contribution in [1.29, 1.82) is 0 Å². The van der Waals surface area contributed by atoms with Gasteiger partial charge in [-0.15, -0.1) is 0 Å². The molecular weight excluding hydrogens is 489 g/mol. The van der Waals surface area contributed by atoms with Crippen LogP contribution in [-0.2, 0) is 17.5 Å². The lowest BCUT2D eigenvalue weighted by Gasteiger charge is -2.12. The molecule has 0 aliphatic rings. The van der Waals surface area contributed by atoms with Crippen molar-refractivity contribution in [2.75, 3.05) is 10.0 Å². The minimum absolute atomic E-state index is 0. The molecule has 6 nitrogen and oxygen atoms in total. The van der Waals surface area contributed by atoms with Crippen LogP contribution in [0, 0.1) is 5.82 Å². The van der Waals surface area contributed by atoms with E-state index in [2.05, 4.69) is 15.4 Å². The molecule has 0 aliphatic heterocycles. The molecule has 0 bridgehead atoms. The van der Waals surface area contributed by atoms with Gasteiger partial charge in [-0.25, -0.2) is 13.4 Å². The summed E-state index contributed by atoms with van der Waals surface area (Å²) in [6.45, 7) is 0.157. The molecular formula is C26H23ClFN3O3S. The van der Waals surface area contributed by atoms with Crippen LogP contribution in [0.15, 0.2) is 102 Å². The van der Waals surface area contributed by atoms with Crippen LogP contribution < -0.4 is 15.4 Å². The molecule has 0 aromatic heterocycles. The number of hydrogen-bond acceptors (Lipinski definition) is 2. The Hall–Kier alpha value is -3.72. The Morgan fingerprint density at radius 3 is 2.23 bits per heavy atom. The lowest BCUT2D eigenvalue weighted by Crippen LogP contribution is -2.28. The fourth-order valence-electron chi connectivity index (χ4n) is 3.28. The Bertz CT molecular complexity index is 1320. The van der Waals surface area contributed by atoms with Crippen LogP contribution in [0.2, 0.25) is 5.02 Å². The van der Waals surface area contributed by atoms with Crippen LogP contribution in [0.3, 0.4) is 0 Å². The topological polar surface area (TPSA) is 102 Å². The van der Waals surface area contributed by atoms with E-state index in [1.165, 1.54) is 18.2 Å². The zero-order chi connectivity index (χ0) is 23.9. The van der Waals surface area contributed by atoms with Gasteiger partial charge < -0.3 is 20.8 Å². The van der Waals surface area contributed by atoms with Crippen LogP contribution in [0.1, 0.15) is 5.56 Å². The molecule has 0 spiro atoms. The number of benzene rings is 4. The maximum absolute atomic E-state index is 13.1. The largest absolute Gasteiger partial charge is 0.412 e. The van der Waals surface area contributed by atoms with Crippen LogP contribution in [-0.4, -0.2) is 15.7 Å². The van der Waals surface area contributed by atoms with Crippen molar-refractivity contribution in [3.8, 4) is 11.1 Å². The number of amides is 2. The highest BCUT2D eigenvalue weighted by atomic mass is 35.5. The standard InChI is InChI=1S/C26H21ClFN3O2S.H2O/c27-24-16-20(28)11-10-19(24)17-29-26(32)30-21-12-14-22(15-13-21)31-34(33)25-9-5-4-8-23(25)18-6-2-1-3-7-18;/h1-16,31H,17H2,(H2,29,30,32);1H2. The maximum Gasteiger partial charge on any atom is 0.319 e. The number of urea groups is 1. The second-order valence-electron chi connectivity index (χ2n) is 7.35. The molecule has 9 heteroatoms. The summed E-state index contributed by atoms with van der Waals surface area (Å²) in [6, 6.07) is 27.8. The van der Waals surface area contributed by atoms with Gasteiger partial charge in [-0.05, 0) is 59.2 Å². The quantitative estimate of drug-likeness (QED) is 0.293. The highest BCUT2D eigenvalue weighted by Gasteiger charge is 2.12. The molecule has 0 heterocycles. The normalized spacial score (nSPS) is 11.1. The fraction of sp³-hybridized carbons (Fsp3) is 0.0385. The lowest BCUT2D eigenvalue weighted by atomic mass is 10.1. The van der Waals surface area contributed by atoms with Gasteiger partial charge in [-0.3, -0.25) is 0 Å². The minimum atomic E-state index is -1.48. The van der Waals surface area contributed by atoms with Gasteiger partial charge in [0.2, 0.25) is 0 Å². The molecule has 0 saturated carbocycles. The average molecular weight is 512 g/mol. The average Bonchev–Trinajstić information content (AvgIpc) is 2.85. The van der Waals surface area contributed by atoms with E-state index in [-0.39, 0.29) is 17.0 Å². The van der Waals surface area contributed by atoms with Crippen molar-refractivity contribution >= 4 is 40.0 Å². The number of anilines is 2. The predicted octanol–water partition coefficient (Wildman–Crippen LogP) is 5.78. The van der Waals surface area contributed by atoms with E-state index in [1.54, 1.807) is 24.3 Å². The van der Waals surface area contributed by atoms with E-state index in [4.69, 9.17) is 11.6 Å². The maximum atomic E-state index is 13.1. The van der Waals surface area contributed by atoms with Gasteiger partial charge in [-0.2, -0.15) is 0 Å². The summed E-state index contributed by atoms with van der Waals surface area (Å²) in [5.74, 6) is -0.434. The SMILES string of the molecule is O.O=C(NCc1ccc(F)cc1Cl)Nc1ccc(NS(=O)c2ccccc2-c2ccccc2)cc1. The number of nitrogens with one attached hydrogen (secondary N) is 3. The first kappa shape index (κ1) is 25.9. The Morgan fingerprint density at radius 1 is 0.857 bits per heavy atom. The number of rotatable bonds is 7. The summed E-state index contributed by atoms with van der Waals surface area (Å²) < 4.78 is 29.2. The fourth-order valence-corrected chi connectivity index (χ4v) is 4.57. The van der Waals surface area contributed by atoms with E-state index in [0.29, 0.717) is 21.8 Å². The first-order chi connectivity index (χ1) is 16.5. The monoisotopic (exact) mass is 511 g/mol.